The van der Waals surface area contributed by atoms with Crippen LogP contribution in [0.2, 0.25) is 0 Å². The van der Waals surface area contributed by atoms with Crippen molar-refractivity contribution in [3.05, 3.63) is 227 Å². The first-order valence-corrected chi connectivity index (χ1v) is 43.8. The molecule has 4 saturated heterocycles. The number of rotatable bonds is 14. The summed E-state index contributed by atoms with van der Waals surface area (Å²) in [6.45, 7) is 15.2. The summed E-state index contributed by atoms with van der Waals surface area (Å²) in [7, 11) is 4.28. The Morgan fingerprint density at radius 2 is 0.729 bits per heavy atom. The smallest absolute Gasteiger partial charge is 0.164 e. The molecular weight excluding hydrogens is 1740 g/mol. The number of piperazine rings is 2. The molecule has 0 saturated carbocycles. The predicted octanol–water partition coefficient (Wildman–Crippen LogP) is 11.9. The number of para-hydroxylation sites is 4. The number of nitrogens with zero attached hydrogens (tertiary/aromatic N) is 26. The number of aromatic nitrogens is 20. The third-order valence-electron chi connectivity index (χ3n) is 23.7. The van der Waals surface area contributed by atoms with Crippen molar-refractivity contribution in [1.29, 1.82) is 0 Å². The summed E-state index contributed by atoms with van der Waals surface area (Å²) in [5.74, 6) is 10.4. The summed E-state index contributed by atoms with van der Waals surface area (Å²) in [6, 6.07) is 52.1. The Balaban J connectivity index is 0.000000112. The number of aromatic hydroxyl groups is 2. The van der Waals surface area contributed by atoms with Crippen molar-refractivity contribution < 1.29 is 19.7 Å². The highest BCUT2D eigenvalue weighted by Crippen LogP contribution is 2.39. The van der Waals surface area contributed by atoms with Gasteiger partial charge in [-0.3, -0.25) is 0 Å². The summed E-state index contributed by atoms with van der Waals surface area (Å²) in [5, 5.41) is 55.5. The van der Waals surface area contributed by atoms with E-state index in [0.717, 1.165) is 194 Å². The monoisotopic (exact) mass is 1830 g/mol. The number of fused-ring (bicyclic) bond motifs is 8. The molecule has 0 bridgehead atoms. The van der Waals surface area contributed by atoms with Gasteiger partial charge in [-0.15, -0.1) is 0 Å². The first kappa shape index (κ1) is 83.8. The summed E-state index contributed by atoms with van der Waals surface area (Å²) in [5.41, 5.74) is 38.1. The van der Waals surface area contributed by atoms with E-state index in [0.29, 0.717) is 99.4 Å². The molecule has 0 unspecified atom stereocenters. The molecule has 11 N–H and O–H groups in total. The number of halogens is 2. The largest absolute Gasteiger partial charge is 0.508 e. The Morgan fingerprint density at radius 1 is 0.380 bits per heavy atom. The fraction of sp³-hybridized carbons (Fsp3) is 0.255. The van der Waals surface area contributed by atoms with Crippen LogP contribution in [0.15, 0.2) is 189 Å². The number of aliphatic hydroxyl groups excluding tert-OH is 1. The van der Waals surface area contributed by atoms with E-state index in [1.165, 1.54) is 63.1 Å². The number of nitrogen functional groups attached to an aromatic ring is 4. The molecule has 16 heterocycles. The summed E-state index contributed by atoms with van der Waals surface area (Å²) < 4.78 is 22.2. The van der Waals surface area contributed by atoms with Gasteiger partial charge in [-0.25, -0.2) is 82.9 Å². The van der Waals surface area contributed by atoms with E-state index < -0.39 is 11.9 Å². The zero-order valence-corrected chi connectivity index (χ0v) is 73.3. The zero-order chi connectivity index (χ0) is 88.5. The van der Waals surface area contributed by atoms with Crippen LogP contribution < -0.4 is 42.5 Å². The molecule has 12 aromatic heterocycles. The maximum absolute atomic E-state index is 14.1. The molecule has 4 aliphatic rings. The van der Waals surface area contributed by atoms with Gasteiger partial charge in [-0.05, 0) is 148 Å². The Kier molecular flexibility index (Phi) is 23.6. The molecule has 650 valence electrons. The molecule has 0 aliphatic carbocycles. The minimum Gasteiger partial charge on any atom is -0.508 e. The molecule has 4 aliphatic heterocycles. The lowest BCUT2D eigenvalue weighted by atomic mass is 10.1. The van der Waals surface area contributed by atoms with E-state index >= 15 is 0 Å². The predicted molar refractivity (Wildman–Crippen MR) is 510 cm³/mol. The van der Waals surface area contributed by atoms with Crippen molar-refractivity contribution >= 4 is 157 Å². The lowest BCUT2D eigenvalue weighted by Gasteiger charge is -2.34. The van der Waals surface area contributed by atoms with Gasteiger partial charge in [0, 0.05) is 140 Å². The highest BCUT2D eigenvalue weighted by atomic mass is 127. The average molecular weight is 1840 g/mol. The van der Waals surface area contributed by atoms with Crippen molar-refractivity contribution in [1.82, 2.24) is 109 Å². The molecule has 33 nitrogen and oxygen atoms in total. The summed E-state index contributed by atoms with van der Waals surface area (Å²) >= 11 is 2.19. The van der Waals surface area contributed by atoms with E-state index in [-0.39, 0.29) is 17.3 Å². The Hall–Kier alpha value is -14.7. The van der Waals surface area contributed by atoms with Crippen LogP contribution in [0.4, 0.5) is 50.9 Å². The van der Waals surface area contributed by atoms with Crippen LogP contribution in [0.25, 0.3) is 110 Å². The van der Waals surface area contributed by atoms with Gasteiger partial charge >= 0.3 is 0 Å². The molecule has 0 amide bonds. The van der Waals surface area contributed by atoms with E-state index in [1.807, 2.05) is 82.2 Å². The third kappa shape index (κ3) is 17.6. The van der Waals surface area contributed by atoms with Crippen molar-refractivity contribution in [3.8, 4) is 45.9 Å². The number of nitrogens with two attached hydrogens (primary N) is 4. The van der Waals surface area contributed by atoms with Crippen LogP contribution in [0.5, 0.6) is 11.5 Å². The van der Waals surface area contributed by atoms with E-state index in [2.05, 4.69) is 177 Å². The first-order chi connectivity index (χ1) is 62.8. The van der Waals surface area contributed by atoms with Crippen LogP contribution in [0, 0.1) is 21.4 Å². The highest BCUT2D eigenvalue weighted by molar-refractivity contribution is 14.1. The number of likely N-dealkylation sites (N-methyl/N-ethyl adjacent to an activating group) is 2. The maximum Gasteiger partial charge on any atom is 0.164 e. The minimum absolute atomic E-state index is 0.167. The number of phenols is 2. The molecular formula is C94H92FIN30O3. The molecule has 0 radical (unpaired) electrons. The van der Waals surface area contributed by atoms with Gasteiger partial charge in [0.15, 0.2) is 22.6 Å². The molecule has 6 aromatic carbocycles. The number of aliphatic hydroxyl groups is 1. The average Bonchev–Trinajstić information content (AvgIpc) is 1.70. The van der Waals surface area contributed by atoms with Gasteiger partial charge in [0.2, 0.25) is 0 Å². The Labute approximate surface area is 753 Å². The van der Waals surface area contributed by atoms with Crippen LogP contribution in [0.3, 0.4) is 0 Å². The molecule has 4 fully saturated rings. The number of hydrogen-bond acceptors (Lipinski definition) is 29. The number of pyridine rings is 4. The summed E-state index contributed by atoms with van der Waals surface area (Å²) in [6.07, 6.45) is 9.69. The fourth-order valence-corrected chi connectivity index (χ4v) is 18.0. The molecule has 18 aromatic rings. The second-order valence-corrected chi connectivity index (χ2v) is 33.6. The Morgan fingerprint density at radius 3 is 1.13 bits per heavy atom. The van der Waals surface area contributed by atoms with Gasteiger partial charge in [-0.1, -0.05) is 90.8 Å². The van der Waals surface area contributed by atoms with Gasteiger partial charge in [0.1, 0.15) is 116 Å². The second-order valence-electron chi connectivity index (χ2n) is 32.6. The lowest BCUT2D eigenvalue weighted by Crippen LogP contribution is -2.45. The van der Waals surface area contributed by atoms with Gasteiger partial charge < -0.3 is 67.7 Å². The molecule has 35 heteroatoms. The molecule has 1 atom stereocenters. The molecule has 129 heavy (non-hydrogen) atoms. The number of phenolic OH excluding ortho intramolecular Hbond substituents is 2. The van der Waals surface area contributed by atoms with Crippen molar-refractivity contribution in [2.45, 2.75) is 64.9 Å². The Bertz CT molecular complexity index is 7310. The fourth-order valence-electron chi connectivity index (χ4n) is 17.2. The van der Waals surface area contributed by atoms with Gasteiger partial charge in [-0.2, -0.15) is 20.4 Å². The standard InChI is InChI=1S/C26H25FN8O.C25H23N7O.C23H23N7O.C20H21IN8/c1-33-6-8-34(9-7-33)25-18(10-16-4-2-3-5-21(16)31-25)14-35-26-22(24(28)29-15-30-26)23(32-35)17-11-19(27)13-20(36)12-17;26-23-21-22(17-7-5-8-19(33)13-17)30-32(25(21)28-15-27-23)14-18-12-16-6-1-2-9-20(16)29-24(18)31-10-3-4-11-31;1-15(31)8-9-19-20-21(24)25-14-26-23(20)30(28-19)13-17-12-16-6-2-3-7-18(16)27-22(17)29-10-4-5-11-29;1-27-6-8-28(9-7-27)19-14(10-13-4-2-3-5-15(13)25-19)11-29-20-16(17(21)26-29)18(22)23-12-24-20/h2-5,10-13,15,36H,6-9,14H2,1H3,(H2,28,29,30);1-2,5-9,12-13,15,33H,3-4,10-11,14H2,(H2,26,27,28);2-3,6-7,12,14-15,31H,4-5,10-11,13H2,1H3,(H2,24,25,26);2-5,10,12H,6-9,11H2,1H3,(H2,22,23,24)/t;;15-;/m..1./s1. The van der Waals surface area contributed by atoms with E-state index in [4.69, 9.17) is 58.2 Å². The van der Waals surface area contributed by atoms with Crippen LogP contribution >= 0.6 is 22.6 Å². The number of benzene rings is 6. The van der Waals surface area contributed by atoms with Crippen molar-refractivity contribution in [2.24, 2.45) is 0 Å². The highest BCUT2D eigenvalue weighted by Gasteiger charge is 2.29. The van der Waals surface area contributed by atoms with Crippen molar-refractivity contribution in [3.63, 3.8) is 0 Å². The normalized spacial score (nSPS) is 14.7. The van der Waals surface area contributed by atoms with Crippen LogP contribution in [-0.4, -0.2) is 223 Å². The van der Waals surface area contributed by atoms with E-state index in [1.54, 1.807) is 34.5 Å². The SMILES string of the molecule is CN1CCN(c2nc3ccccc3cc2Cn2nc(-c3cc(O)cc(F)c3)c3c(N)ncnc32)CC1.CN1CCN(c2nc3ccccc3cc2Cn2nc(I)c3c(N)ncnc32)CC1.C[C@@H](O)C#Cc1nn(Cc2cc3ccccc3nc2N2CCCC2)c2ncnc(N)c12.Nc1ncnc2c1c(-c1cccc(O)c1)nn2Cc1cc2ccccc2nc1N1CCCC1. The van der Waals surface area contributed by atoms with E-state index in [9.17, 15) is 19.7 Å². The second kappa shape index (κ2) is 36.3. The zero-order valence-electron chi connectivity index (χ0n) is 71.2. The maximum atomic E-state index is 14.1. The minimum atomic E-state index is -0.766. The number of hydrogen-bond donors (Lipinski definition) is 7. The quantitative estimate of drug-likeness (QED) is 0.0393. The van der Waals surface area contributed by atoms with Gasteiger partial charge in [0.25, 0.3) is 0 Å². The molecule has 22 rings (SSSR count). The van der Waals surface area contributed by atoms with Crippen LogP contribution in [-0.2, 0) is 26.2 Å². The summed E-state index contributed by atoms with van der Waals surface area (Å²) in [4.78, 5) is 68.4. The molecule has 0 spiro atoms. The first-order valence-electron chi connectivity index (χ1n) is 42.8. The van der Waals surface area contributed by atoms with Crippen LogP contribution in [0.1, 0.15) is 60.6 Å². The van der Waals surface area contributed by atoms with Gasteiger partial charge in [0.05, 0.1) is 69.8 Å². The van der Waals surface area contributed by atoms with Crippen molar-refractivity contribution in [2.75, 3.05) is 135 Å². The topological polar surface area (TPSA) is 410 Å². The lowest BCUT2D eigenvalue weighted by molar-refractivity contribution is 0.253. The third-order valence-corrected chi connectivity index (χ3v) is 24.4. The number of anilines is 8.